The van der Waals surface area contributed by atoms with E-state index in [0.29, 0.717) is 0 Å². The average Bonchev–Trinajstić information content (AvgIpc) is 3.34. The summed E-state index contributed by atoms with van der Waals surface area (Å²) in [6.45, 7) is 0. The van der Waals surface area contributed by atoms with Gasteiger partial charge in [-0.1, -0.05) is 60.7 Å². The monoisotopic (exact) mass is 279 g/mol. The second-order valence-corrected chi connectivity index (χ2v) is 5.33. The topological polar surface area (TPSA) is 49.7 Å². The first-order chi connectivity index (χ1) is 10.3. The molecule has 1 unspecified atom stereocenters. The van der Waals surface area contributed by atoms with E-state index in [0.717, 1.165) is 29.7 Å². The Morgan fingerprint density at radius 1 is 0.952 bits per heavy atom. The molecule has 0 radical (unpaired) electrons. The van der Waals surface area contributed by atoms with Crippen LogP contribution in [0, 0.1) is 5.92 Å². The lowest BCUT2D eigenvalue weighted by atomic mass is 10.0. The molecule has 0 amide bonds. The average molecular weight is 279 g/mol. The van der Waals surface area contributed by atoms with Crippen molar-refractivity contribution in [2.75, 3.05) is 0 Å². The third-order valence-electron chi connectivity index (χ3n) is 3.68. The number of carbonyl (C=O) groups is 1. The van der Waals surface area contributed by atoms with Gasteiger partial charge in [-0.25, -0.2) is 4.79 Å². The summed E-state index contributed by atoms with van der Waals surface area (Å²) in [6, 6.07) is 18.9. The fourth-order valence-corrected chi connectivity index (χ4v) is 2.42. The molecule has 0 saturated heterocycles. The van der Waals surface area contributed by atoms with Crippen molar-refractivity contribution in [2.45, 2.75) is 18.9 Å². The number of carboxylic acid groups (broad SMARTS) is 1. The highest BCUT2D eigenvalue weighted by Crippen LogP contribution is 2.35. The van der Waals surface area contributed by atoms with Crippen LogP contribution in [-0.2, 0) is 4.79 Å². The van der Waals surface area contributed by atoms with Gasteiger partial charge in [0.15, 0.2) is 6.04 Å². The Bertz CT molecular complexity index is 604. The molecule has 3 rings (SSSR count). The molecule has 2 aromatic carbocycles. The van der Waals surface area contributed by atoms with Gasteiger partial charge in [-0.3, -0.25) is 4.99 Å². The summed E-state index contributed by atoms with van der Waals surface area (Å²) >= 11 is 0. The van der Waals surface area contributed by atoms with Crippen LogP contribution in [0.15, 0.2) is 65.7 Å². The second kappa shape index (κ2) is 5.92. The third kappa shape index (κ3) is 3.19. The van der Waals surface area contributed by atoms with Crippen molar-refractivity contribution < 1.29 is 9.90 Å². The maximum atomic E-state index is 11.5. The lowest BCUT2D eigenvalue weighted by molar-refractivity contribution is -0.138. The molecule has 0 aromatic heterocycles. The number of rotatable bonds is 5. The van der Waals surface area contributed by atoms with E-state index in [2.05, 4.69) is 4.99 Å². The molecule has 0 aliphatic heterocycles. The Hall–Kier alpha value is -2.42. The van der Waals surface area contributed by atoms with Crippen LogP contribution in [0.2, 0.25) is 0 Å². The van der Waals surface area contributed by atoms with Crippen molar-refractivity contribution in [1.29, 1.82) is 0 Å². The van der Waals surface area contributed by atoms with Crippen molar-refractivity contribution in [2.24, 2.45) is 10.9 Å². The number of hydrogen-bond acceptors (Lipinski definition) is 2. The zero-order chi connectivity index (χ0) is 14.7. The summed E-state index contributed by atoms with van der Waals surface area (Å²) < 4.78 is 0. The minimum atomic E-state index is -0.832. The number of nitrogens with zero attached hydrogens (tertiary/aromatic N) is 1. The molecular weight excluding hydrogens is 262 g/mol. The van der Waals surface area contributed by atoms with E-state index in [-0.39, 0.29) is 5.92 Å². The van der Waals surface area contributed by atoms with Gasteiger partial charge >= 0.3 is 5.97 Å². The summed E-state index contributed by atoms with van der Waals surface area (Å²) in [6.07, 6.45) is 1.91. The van der Waals surface area contributed by atoms with Gasteiger partial charge in [-0.15, -0.1) is 0 Å². The normalized spacial score (nSPS) is 15.2. The Morgan fingerprint density at radius 3 is 1.81 bits per heavy atom. The SMILES string of the molecule is O=C(O)C(N=C(c1ccccc1)c1ccccc1)C1CC1. The van der Waals surface area contributed by atoms with Gasteiger partial charge in [0.05, 0.1) is 5.71 Å². The Morgan fingerprint density at radius 2 is 1.43 bits per heavy atom. The van der Waals surface area contributed by atoms with Gasteiger partial charge in [0, 0.05) is 11.1 Å². The van der Waals surface area contributed by atoms with Crippen molar-refractivity contribution in [3.05, 3.63) is 71.8 Å². The molecule has 2 aromatic rings. The van der Waals surface area contributed by atoms with Gasteiger partial charge in [-0.2, -0.15) is 0 Å². The quantitative estimate of drug-likeness (QED) is 0.853. The maximum absolute atomic E-state index is 11.5. The maximum Gasteiger partial charge on any atom is 0.328 e. The van der Waals surface area contributed by atoms with Gasteiger partial charge in [0.1, 0.15) is 0 Å². The minimum absolute atomic E-state index is 0.185. The van der Waals surface area contributed by atoms with E-state index in [1.165, 1.54) is 0 Å². The fourth-order valence-electron chi connectivity index (χ4n) is 2.42. The Kier molecular flexibility index (Phi) is 3.82. The van der Waals surface area contributed by atoms with Crippen LogP contribution in [0.4, 0.5) is 0 Å². The number of benzene rings is 2. The highest BCUT2D eigenvalue weighted by molar-refractivity contribution is 6.13. The molecule has 0 spiro atoms. The molecule has 1 N–H and O–H groups in total. The highest BCUT2D eigenvalue weighted by Gasteiger charge is 2.36. The van der Waals surface area contributed by atoms with E-state index in [1.807, 2.05) is 60.7 Å². The first-order valence-corrected chi connectivity index (χ1v) is 7.17. The number of aliphatic carboxylic acids is 1. The van der Waals surface area contributed by atoms with Crippen LogP contribution in [0.5, 0.6) is 0 Å². The van der Waals surface area contributed by atoms with E-state index in [1.54, 1.807) is 0 Å². The van der Waals surface area contributed by atoms with E-state index < -0.39 is 12.0 Å². The number of aliphatic imine (C=N–C) groups is 1. The largest absolute Gasteiger partial charge is 0.480 e. The van der Waals surface area contributed by atoms with Gasteiger partial charge in [0.2, 0.25) is 0 Å². The van der Waals surface area contributed by atoms with Crippen LogP contribution >= 0.6 is 0 Å². The molecule has 21 heavy (non-hydrogen) atoms. The molecule has 106 valence electrons. The predicted molar refractivity (Wildman–Crippen MR) is 82.7 cm³/mol. The Balaban J connectivity index is 2.06. The second-order valence-electron chi connectivity index (χ2n) is 5.33. The van der Waals surface area contributed by atoms with E-state index in [9.17, 15) is 9.90 Å². The van der Waals surface area contributed by atoms with Crippen molar-refractivity contribution in [1.82, 2.24) is 0 Å². The smallest absolute Gasteiger partial charge is 0.328 e. The lowest BCUT2D eigenvalue weighted by Crippen LogP contribution is -2.22. The highest BCUT2D eigenvalue weighted by atomic mass is 16.4. The van der Waals surface area contributed by atoms with Gasteiger partial charge in [0.25, 0.3) is 0 Å². The number of carboxylic acids is 1. The summed E-state index contributed by atoms with van der Waals surface area (Å²) in [5.74, 6) is -0.646. The molecule has 3 nitrogen and oxygen atoms in total. The summed E-state index contributed by atoms with van der Waals surface area (Å²) in [4.78, 5) is 16.1. The molecule has 1 fully saturated rings. The number of hydrogen-bond donors (Lipinski definition) is 1. The zero-order valence-electron chi connectivity index (χ0n) is 11.6. The van der Waals surface area contributed by atoms with Crippen LogP contribution in [0.3, 0.4) is 0 Å². The third-order valence-corrected chi connectivity index (χ3v) is 3.68. The summed E-state index contributed by atoms with van der Waals surface area (Å²) in [5.41, 5.74) is 2.67. The molecule has 0 bridgehead atoms. The van der Waals surface area contributed by atoms with Crippen molar-refractivity contribution >= 4 is 11.7 Å². The first kappa shape index (κ1) is 13.6. The van der Waals surface area contributed by atoms with Gasteiger partial charge < -0.3 is 5.11 Å². The first-order valence-electron chi connectivity index (χ1n) is 7.17. The van der Waals surface area contributed by atoms with Crippen LogP contribution < -0.4 is 0 Å². The van der Waals surface area contributed by atoms with Crippen molar-refractivity contribution in [3.63, 3.8) is 0 Å². The molecule has 1 aliphatic carbocycles. The molecular formula is C18H17NO2. The molecule has 1 aliphatic rings. The van der Waals surface area contributed by atoms with E-state index >= 15 is 0 Å². The van der Waals surface area contributed by atoms with E-state index in [4.69, 9.17) is 0 Å². The van der Waals surface area contributed by atoms with Crippen LogP contribution in [0.1, 0.15) is 24.0 Å². The zero-order valence-corrected chi connectivity index (χ0v) is 11.6. The molecule has 3 heteroatoms. The van der Waals surface area contributed by atoms with Crippen molar-refractivity contribution in [3.8, 4) is 0 Å². The molecule has 1 atom stereocenters. The minimum Gasteiger partial charge on any atom is -0.480 e. The fraction of sp³-hybridized carbons (Fsp3) is 0.222. The summed E-state index contributed by atoms with van der Waals surface area (Å²) in [7, 11) is 0. The Labute approximate surface area is 124 Å². The molecule has 0 heterocycles. The van der Waals surface area contributed by atoms with Crippen LogP contribution in [-0.4, -0.2) is 22.8 Å². The van der Waals surface area contributed by atoms with Gasteiger partial charge in [-0.05, 0) is 18.8 Å². The standard InChI is InChI=1S/C18H17NO2/c20-18(21)17(15-11-12-15)19-16(13-7-3-1-4-8-13)14-9-5-2-6-10-14/h1-10,15,17H,11-12H2,(H,20,21). The molecule has 1 saturated carbocycles. The lowest BCUT2D eigenvalue weighted by Gasteiger charge is -2.12. The predicted octanol–water partition coefficient (Wildman–Crippen LogP) is 3.39. The van der Waals surface area contributed by atoms with Crippen LogP contribution in [0.25, 0.3) is 0 Å². The summed E-state index contributed by atoms with van der Waals surface area (Å²) in [5, 5.41) is 9.42.